The van der Waals surface area contributed by atoms with Crippen molar-refractivity contribution in [3.05, 3.63) is 94.0 Å². The molecule has 0 radical (unpaired) electrons. The van der Waals surface area contributed by atoms with E-state index in [0.717, 1.165) is 33.5 Å². The van der Waals surface area contributed by atoms with Crippen LogP contribution in [0.4, 0.5) is 0 Å². The standard InChI is InChI=1S/C22H17BrN2O2/c23-15-10-11-20(26)17(12-15)22-25-19(16-8-4-5-9-21(16)27-22)13-18(24-25)14-6-2-1-3-7-14/h1-12,19,22,26H,13H2/t19-,22-/m1/s1. The van der Waals surface area contributed by atoms with Crippen molar-refractivity contribution in [2.24, 2.45) is 5.10 Å². The third kappa shape index (κ3) is 2.79. The number of hydrazone groups is 1. The Bertz CT molecular complexity index is 1040. The topological polar surface area (TPSA) is 45.1 Å². The number of aromatic hydroxyl groups is 1. The monoisotopic (exact) mass is 420 g/mol. The largest absolute Gasteiger partial charge is 0.507 e. The summed E-state index contributed by atoms with van der Waals surface area (Å²) >= 11 is 3.49. The maximum Gasteiger partial charge on any atom is 0.217 e. The molecule has 0 aliphatic carbocycles. The second-order valence-corrected chi connectivity index (χ2v) is 7.64. The lowest BCUT2D eigenvalue weighted by molar-refractivity contribution is -0.0203. The predicted molar refractivity (Wildman–Crippen MR) is 108 cm³/mol. The molecule has 3 aromatic rings. The summed E-state index contributed by atoms with van der Waals surface area (Å²) in [5.74, 6) is 1.04. The van der Waals surface area contributed by atoms with Gasteiger partial charge in [0, 0.05) is 16.5 Å². The van der Waals surface area contributed by atoms with Crippen LogP contribution in [0.1, 0.15) is 35.4 Å². The maximum absolute atomic E-state index is 10.5. The van der Waals surface area contributed by atoms with Crippen molar-refractivity contribution in [3.63, 3.8) is 0 Å². The summed E-state index contributed by atoms with van der Waals surface area (Å²) in [4.78, 5) is 0. The van der Waals surface area contributed by atoms with Gasteiger partial charge >= 0.3 is 0 Å². The van der Waals surface area contributed by atoms with Crippen LogP contribution in [0.15, 0.2) is 82.4 Å². The summed E-state index contributed by atoms with van der Waals surface area (Å²) in [5, 5.41) is 17.3. The van der Waals surface area contributed by atoms with Crippen molar-refractivity contribution >= 4 is 21.6 Å². The van der Waals surface area contributed by atoms with E-state index >= 15 is 0 Å². The van der Waals surface area contributed by atoms with Crippen molar-refractivity contribution in [2.75, 3.05) is 0 Å². The van der Waals surface area contributed by atoms with E-state index < -0.39 is 6.23 Å². The average Bonchev–Trinajstić information content (AvgIpc) is 3.16. The minimum absolute atomic E-state index is 0.0773. The number of rotatable bonds is 2. The Kier molecular flexibility index (Phi) is 3.90. The lowest BCUT2D eigenvalue weighted by atomic mass is 9.96. The summed E-state index contributed by atoms with van der Waals surface area (Å²) < 4.78 is 7.18. The fourth-order valence-corrected chi connectivity index (χ4v) is 4.15. The van der Waals surface area contributed by atoms with Crippen molar-refractivity contribution in [1.29, 1.82) is 0 Å². The van der Waals surface area contributed by atoms with Crippen LogP contribution in [-0.4, -0.2) is 15.8 Å². The van der Waals surface area contributed by atoms with Gasteiger partial charge in [-0.3, -0.25) is 0 Å². The highest BCUT2D eigenvalue weighted by Gasteiger charge is 2.41. The molecule has 5 heteroatoms. The first kappa shape index (κ1) is 16.4. The Morgan fingerprint density at radius 2 is 1.74 bits per heavy atom. The number of hydrogen-bond donors (Lipinski definition) is 1. The van der Waals surface area contributed by atoms with Crippen LogP contribution >= 0.6 is 15.9 Å². The molecule has 0 saturated carbocycles. The third-order valence-corrected chi connectivity index (χ3v) is 5.55. The summed E-state index contributed by atoms with van der Waals surface area (Å²) in [6.07, 6.45) is 0.318. The first-order valence-corrected chi connectivity index (χ1v) is 9.65. The van der Waals surface area contributed by atoms with Gasteiger partial charge in [-0.05, 0) is 29.8 Å². The molecule has 2 heterocycles. The van der Waals surface area contributed by atoms with Crippen molar-refractivity contribution in [1.82, 2.24) is 5.01 Å². The fourth-order valence-electron chi connectivity index (χ4n) is 3.77. The van der Waals surface area contributed by atoms with E-state index in [-0.39, 0.29) is 11.8 Å². The Morgan fingerprint density at radius 3 is 2.59 bits per heavy atom. The molecule has 2 atom stereocenters. The quantitative estimate of drug-likeness (QED) is 0.603. The summed E-state index contributed by atoms with van der Waals surface area (Å²) in [6, 6.07) is 23.7. The van der Waals surface area contributed by atoms with Crippen molar-refractivity contribution in [2.45, 2.75) is 18.7 Å². The molecule has 5 rings (SSSR count). The maximum atomic E-state index is 10.5. The molecule has 4 nitrogen and oxygen atoms in total. The number of hydrogen-bond acceptors (Lipinski definition) is 4. The second kappa shape index (κ2) is 6.43. The number of para-hydroxylation sites is 1. The van der Waals surface area contributed by atoms with Crippen LogP contribution in [-0.2, 0) is 0 Å². The van der Waals surface area contributed by atoms with Gasteiger partial charge in [0.2, 0.25) is 6.23 Å². The molecule has 0 saturated heterocycles. The minimum atomic E-state index is -0.483. The van der Waals surface area contributed by atoms with Crippen LogP contribution in [0.5, 0.6) is 11.5 Å². The van der Waals surface area contributed by atoms with Crippen LogP contribution in [0.3, 0.4) is 0 Å². The molecule has 1 N–H and O–H groups in total. The van der Waals surface area contributed by atoms with E-state index in [1.165, 1.54) is 0 Å². The van der Waals surface area contributed by atoms with E-state index in [4.69, 9.17) is 9.84 Å². The van der Waals surface area contributed by atoms with E-state index in [1.807, 2.05) is 53.5 Å². The zero-order chi connectivity index (χ0) is 18.4. The number of nitrogens with zero attached hydrogens (tertiary/aromatic N) is 2. The smallest absolute Gasteiger partial charge is 0.217 e. The molecular formula is C22H17BrN2O2. The summed E-state index contributed by atoms with van der Waals surface area (Å²) in [5.41, 5.74) is 3.96. The van der Waals surface area contributed by atoms with Gasteiger partial charge in [-0.15, -0.1) is 0 Å². The minimum Gasteiger partial charge on any atom is -0.507 e. The molecule has 2 aliphatic heterocycles. The van der Waals surface area contributed by atoms with Gasteiger partial charge in [0.15, 0.2) is 0 Å². The van der Waals surface area contributed by atoms with Crippen LogP contribution in [0.2, 0.25) is 0 Å². The molecule has 2 aliphatic rings. The fraction of sp³-hybridized carbons (Fsp3) is 0.136. The summed E-state index contributed by atoms with van der Waals surface area (Å²) in [6.45, 7) is 0. The predicted octanol–water partition coefficient (Wildman–Crippen LogP) is 5.40. The van der Waals surface area contributed by atoms with Crippen LogP contribution in [0.25, 0.3) is 0 Å². The van der Waals surface area contributed by atoms with E-state index in [0.29, 0.717) is 5.56 Å². The zero-order valence-corrected chi connectivity index (χ0v) is 16.0. The Hall–Kier alpha value is -2.79. The Labute approximate surface area is 165 Å². The number of benzene rings is 3. The van der Waals surface area contributed by atoms with Gasteiger partial charge < -0.3 is 9.84 Å². The molecule has 0 bridgehead atoms. The first-order chi connectivity index (χ1) is 13.2. The van der Waals surface area contributed by atoms with E-state index in [2.05, 4.69) is 34.1 Å². The lowest BCUT2D eigenvalue weighted by Crippen LogP contribution is -2.33. The SMILES string of the molecule is Oc1ccc(Br)cc1[C@H]1Oc2ccccc2[C@H]2CC(c3ccccc3)=NN21. The van der Waals surface area contributed by atoms with Gasteiger partial charge in [-0.25, -0.2) is 5.01 Å². The van der Waals surface area contributed by atoms with Crippen molar-refractivity contribution < 1.29 is 9.84 Å². The zero-order valence-electron chi connectivity index (χ0n) is 14.4. The molecule has 0 amide bonds. The first-order valence-electron chi connectivity index (χ1n) is 8.86. The molecule has 3 aromatic carbocycles. The van der Waals surface area contributed by atoms with E-state index in [1.54, 1.807) is 6.07 Å². The van der Waals surface area contributed by atoms with Gasteiger partial charge in [-0.1, -0.05) is 64.5 Å². The Balaban J connectivity index is 1.63. The van der Waals surface area contributed by atoms with Crippen molar-refractivity contribution in [3.8, 4) is 11.5 Å². The van der Waals surface area contributed by atoms with Gasteiger partial charge in [-0.2, -0.15) is 5.10 Å². The number of phenols is 1. The molecular weight excluding hydrogens is 404 g/mol. The third-order valence-electron chi connectivity index (χ3n) is 5.06. The van der Waals surface area contributed by atoms with E-state index in [9.17, 15) is 5.11 Å². The average molecular weight is 421 g/mol. The molecule has 134 valence electrons. The highest BCUT2D eigenvalue weighted by Crippen LogP contribution is 2.48. The Morgan fingerprint density at radius 1 is 0.963 bits per heavy atom. The lowest BCUT2D eigenvalue weighted by Gasteiger charge is -2.38. The highest BCUT2D eigenvalue weighted by molar-refractivity contribution is 9.10. The molecule has 0 fully saturated rings. The number of fused-ring (bicyclic) bond motifs is 3. The normalized spacial score (nSPS) is 20.5. The summed E-state index contributed by atoms with van der Waals surface area (Å²) in [7, 11) is 0. The van der Waals surface area contributed by atoms with Crippen LogP contribution < -0.4 is 4.74 Å². The molecule has 0 aromatic heterocycles. The number of phenolic OH excluding ortho intramolecular Hbond substituents is 1. The molecule has 27 heavy (non-hydrogen) atoms. The van der Waals surface area contributed by atoms with Gasteiger partial charge in [0.25, 0.3) is 0 Å². The second-order valence-electron chi connectivity index (χ2n) is 6.72. The molecule has 0 unspecified atom stereocenters. The van der Waals surface area contributed by atoms with Gasteiger partial charge in [0.05, 0.1) is 17.3 Å². The highest BCUT2D eigenvalue weighted by atomic mass is 79.9. The van der Waals surface area contributed by atoms with Gasteiger partial charge in [0.1, 0.15) is 11.5 Å². The van der Waals surface area contributed by atoms with Crippen LogP contribution in [0, 0.1) is 0 Å². The number of halogens is 1. The molecule has 0 spiro atoms. The number of ether oxygens (including phenoxy) is 1.